The second kappa shape index (κ2) is 8.52. The number of carbonyl (C=O) groups excluding carboxylic acids is 2. The topological polar surface area (TPSA) is 74.0 Å². The number of para-hydroxylation sites is 1. The van der Waals surface area contributed by atoms with Crippen LogP contribution in [0.5, 0.6) is 0 Å². The summed E-state index contributed by atoms with van der Waals surface area (Å²) in [6.45, 7) is 8.01. The summed E-state index contributed by atoms with van der Waals surface area (Å²) in [6, 6.07) is 15.8. The van der Waals surface area contributed by atoms with E-state index in [1.165, 1.54) is 5.56 Å². The number of hydrogen-bond acceptors (Lipinski definition) is 2. The third-order valence-corrected chi connectivity index (χ3v) is 5.33. The van der Waals surface area contributed by atoms with Crippen molar-refractivity contribution in [1.29, 1.82) is 0 Å². The molecule has 2 aromatic carbocycles. The van der Waals surface area contributed by atoms with Crippen molar-refractivity contribution in [3.05, 3.63) is 65.9 Å². The van der Waals surface area contributed by atoms with E-state index in [0.717, 1.165) is 16.5 Å². The molecule has 5 heteroatoms. The molecule has 1 heterocycles. The molecule has 5 nitrogen and oxygen atoms in total. The van der Waals surface area contributed by atoms with Gasteiger partial charge in [-0.1, -0.05) is 44.2 Å². The lowest BCUT2D eigenvalue weighted by molar-refractivity contribution is -0.138. The van der Waals surface area contributed by atoms with Gasteiger partial charge in [0.1, 0.15) is 5.41 Å². The SMILES string of the molecule is CC(C)c1ccc(NC(=O)C(C)(C)C(=O)NCCc2c[nH]c3ccccc23)cc1. The molecule has 152 valence electrons. The van der Waals surface area contributed by atoms with E-state index in [2.05, 4.69) is 35.5 Å². The number of aromatic nitrogens is 1. The first-order valence-corrected chi connectivity index (χ1v) is 10.0. The van der Waals surface area contributed by atoms with Gasteiger partial charge in [0.25, 0.3) is 0 Å². The average Bonchev–Trinajstić information content (AvgIpc) is 3.11. The third-order valence-electron chi connectivity index (χ3n) is 5.33. The van der Waals surface area contributed by atoms with Gasteiger partial charge in [-0.05, 0) is 55.5 Å². The second-order valence-corrected chi connectivity index (χ2v) is 8.22. The number of rotatable bonds is 7. The fourth-order valence-corrected chi connectivity index (χ4v) is 3.21. The Hall–Kier alpha value is -3.08. The molecule has 0 spiro atoms. The van der Waals surface area contributed by atoms with Crippen molar-refractivity contribution in [1.82, 2.24) is 10.3 Å². The summed E-state index contributed by atoms with van der Waals surface area (Å²) in [5.41, 5.74) is 2.96. The highest BCUT2D eigenvalue weighted by atomic mass is 16.2. The van der Waals surface area contributed by atoms with Crippen molar-refractivity contribution in [2.75, 3.05) is 11.9 Å². The highest BCUT2D eigenvalue weighted by molar-refractivity contribution is 6.09. The first kappa shape index (κ1) is 20.6. The van der Waals surface area contributed by atoms with Crippen molar-refractivity contribution in [2.45, 2.75) is 40.0 Å². The standard InChI is InChI=1S/C24H29N3O2/c1-16(2)17-9-11-19(12-10-17)27-23(29)24(3,4)22(28)25-14-13-18-15-26-21-8-6-5-7-20(18)21/h5-12,15-16,26H,13-14H2,1-4H3,(H,25,28)(H,27,29). The van der Waals surface area contributed by atoms with Gasteiger partial charge in [-0.3, -0.25) is 9.59 Å². The Morgan fingerprint density at radius 1 is 1.00 bits per heavy atom. The number of amides is 2. The average molecular weight is 392 g/mol. The Balaban J connectivity index is 1.56. The lowest BCUT2D eigenvalue weighted by atomic mass is 9.90. The van der Waals surface area contributed by atoms with Crippen LogP contribution in [0.1, 0.15) is 44.7 Å². The van der Waals surface area contributed by atoms with E-state index in [0.29, 0.717) is 24.6 Å². The molecule has 0 saturated carbocycles. The maximum Gasteiger partial charge on any atom is 0.239 e. The predicted octanol–water partition coefficient (Wildman–Crippen LogP) is 4.61. The van der Waals surface area contributed by atoms with Gasteiger partial charge in [-0.15, -0.1) is 0 Å². The molecular weight excluding hydrogens is 362 g/mol. The Morgan fingerprint density at radius 3 is 2.38 bits per heavy atom. The largest absolute Gasteiger partial charge is 0.361 e. The van der Waals surface area contributed by atoms with Crippen LogP contribution in [0.4, 0.5) is 5.69 Å². The van der Waals surface area contributed by atoms with Gasteiger partial charge >= 0.3 is 0 Å². The quantitative estimate of drug-likeness (QED) is 0.514. The van der Waals surface area contributed by atoms with Crippen molar-refractivity contribution in [3.8, 4) is 0 Å². The van der Waals surface area contributed by atoms with Crippen LogP contribution in [0, 0.1) is 5.41 Å². The maximum absolute atomic E-state index is 12.7. The van der Waals surface area contributed by atoms with Crippen LogP contribution in [-0.2, 0) is 16.0 Å². The second-order valence-electron chi connectivity index (χ2n) is 8.22. The number of nitrogens with one attached hydrogen (secondary N) is 3. The van der Waals surface area contributed by atoms with Gasteiger partial charge in [0.15, 0.2) is 0 Å². The van der Waals surface area contributed by atoms with Gasteiger partial charge in [-0.2, -0.15) is 0 Å². The number of hydrogen-bond donors (Lipinski definition) is 3. The zero-order chi connectivity index (χ0) is 21.0. The molecule has 29 heavy (non-hydrogen) atoms. The summed E-state index contributed by atoms with van der Waals surface area (Å²) < 4.78 is 0. The zero-order valence-electron chi connectivity index (χ0n) is 17.5. The van der Waals surface area contributed by atoms with Crippen LogP contribution in [0.25, 0.3) is 10.9 Å². The van der Waals surface area contributed by atoms with Gasteiger partial charge in [-0.25, -0.2) is 0 Å². The molecule has 0 saturated heterocycles. The summed E-state index contributed by atoms with van der Waals surface area (Å²) in [5.74, 6) is -0.174. The molecule has 3 aromatic rings. The minimum absolute atomic E-state index is 0.284. The minimum atomic E-state index is -1.17. The molecule has 0 unspecified atom stereocenters. The van der Waals surface area contributed by atoms with Crippen molar-refractivity contribution < 1.29 is 9.59 Å². The Bertz CT molecular complexity index is 1000. The summed E-state index contributed by atoms with van der Waals surface area (Å²) in [5, 5.41) is 6.91. The number of H-pyrrole nitrogens is 1. The molecule has 0 aliphatic rings. The Labute approximate surface area is 171 Å². The lowest BCUT2D eigenvalue weighted by Gasteiger charge is -2.23. The number of carbonyl (C=O) groups is 2. The van der Waals surface area contributed by atoms with E-state index >= 15 is 0 Å². The summed E-state index contributed by atoms with van der Waals surface area (Å²) in [6.07, 6.45) is 2.67. The Morgan fingerprint density at radius 2 is 1.69 bits per heavy atom. The van der Waals surface area contributed by atoms with Gasteiger partial charge in [0.05, 0.1) is 0 Å². The van der Waals surface area contributed by atoms with Gasteiger partial charge < -0.3 is 15.6 Å². The number of benzene rings is 2. The molecule has 0 atom stereocenters. The van der Waals surface area contributed by atoms with Crippen molar-refractivity contribution in [3.63, 3.8) is 0 Å². The molecule has 0 radical (unpaired) electrons. The normalized spacial score (nSPS) is 11.6. The van der Waals surface area contributed by atoms with Crippen LogP contribution < -0.4 is 10.6 Å². The first-order chi connectivity index (χ1) is 13.8. The van der Waals surface area contributed by atoms with Crippen LogP contribution in [0.3, 0.4) is 0 Å². The highest BCUT2D eigenvalue weighted by Crippen LogP contribution is 2.22. The molecule has 3 rings (SSSR count). The van der Waals surface area contributed by atoms with E-state index in [4.69, 9.17) is 0 Å². The fraction of sp³-hybridized carbons (Fsp3) is 0.333. The fourth-order valence-electron chi connectivity index (χ4n) is 3.21. The molecule has 0 aliphatic carbocycles. The van der Waals surface area contributed by atoms with Crippen LogP contribution >= 0.6 is 0 Å². The number of fused-ring (bicyclic) bond motifs is 1. The predicted molar refractivity (Wildman–Crippen MR) is 118 cm³/mol. The maximum atomic E-state index is 12.7. The van der Waals surface area contributed by atoms with E-state index < -0.39 is 5.41 Å². The number of anilines is 1. The zero-order valence-corrected chi connectivity index (χ0v) is 17.5. The van der Waals surface area contributed by atoms with E-state index in [9.17, 15) is 9.59 Å². The summed E-state index contributed by atoms with van der Waals surface area (Å²) in [4.78, 5) is 28.6. The molecular formula is C24H29N3O2. The Kier molecular flexibility index (Phi) is 6.06. The summed E-state index contributed by atoms with van der Waals surface area (Å²) >= 11 is 0. The van der Waals surface area contributed by atoms with Gasteiger partial charge in [0, 0.05) is 29.3 Å². The molecule has 3 N–H and O–H groups in total. The third kappa shape index (κ3) is 4.67. The molecule has 2 amide bonds. The minimum Gasteiger partial charge on any atom is -0.361 e. The highest BCUT2D eigenvalue weighted by Gasteiger charge is 2.35. The summed E-state index contributed by atoms with van der Waals surface area (Å²) in [7, 11) is 0. The first-order valence-electron chi connectivity index (χ1n) is 10.0. The molecule has 1 aromatic heterocycles. The van der Waals surface area contributed by atoms with E-state index in [1.807, 2.05) is 48.7 Å². The van der Waals surface area contributed by atoms with Crippen molar-refractivity contribution in [2.24, 2.45) is 5.41 Å². The monoisotopic (exact) mass is 391 g/mol. The van der Waals surface area contributed by atoms with Crippen LogP contribution in [0.2, 0.25) is 0 Å². The van der Waals surface area contributed by atoms with Crippen molar-refractivity contribution >= 4 is 28.4 Å². The van der Waals surface area contributed by atoms with Crippen LogP contribution in [-0.4, -0.2) is 23.3 Å². The van der Waals surface area contributed by atoms with E-state index in [-0.39, 0.29) is 11.8 Å². The van der Waals surface area contributed by atoms with Gasteiger partial charge in [0.2, 0.25) is 11.8 Å². The molecule has 0 aliphatic heterocycles. The molecule has 0 bridgehead atoms. The smallest absolute Gasteiger partial charge is 0.239 e. The van der Waals surface area contributed by atoms with Crippen LogP contribution in [0.15, 0.2) is 54.7 Å². The number of aromatic amines is 1. The van der Waals surface area contributed by atoms with E-state index in [1.54, 1.807) is 13.8 Å². The lowest BCUT2D eigenvalue weighted by Crippen LogP contribution is -2.45. The molecule has 0 fully saturated rings.